The summed E-state index contributed by atoms with van der Waals surface area (Å²) in [6.45, 7) is 6.89. The average Bonchev–Trinajstić information content (AvgIpc) is 2.16. The van der Waals surface area contributed by atoms with Crippen molar-refractivity contribution in [3.8, 4) is 0 Å². The van der Waals surface area contributed by atoms with Gasteiger partial charge in [-0.3, -0.25) is 4.79 Å². The quantitative estimate of drug-likeness (QED) is 0.455. The van der Waals surface area contributed by atoms with E-state index in [1.165, 1.54) is 9.80 Å². The smallest absolute Gasteiger partial charge is 0.269 e. The normalized spacial score (nSPS) is 18.6. The lowest BCUT2D eigenvalue weighted by Crippen LogP contribution is -3.17. The van der Waals surface area contributed by atoms with Crippen molar-refractivity contribution < 1.29 is 19.6 Å². The first kappa shape index (κ1) is 11.0. The van der Waals surface area contributed by atoms with Crippen molar-refractivity contribution in [2.45, 2.75) is 19.9 Å². The number of aliphatic carboxylic acids is 1. The van der Waals surface area contributed by atoms with Gasteiger partial charge >= 0.3 is 0 Å². The summed E-state index contributed by atoms with van der Waals surface area (Å²) >= 11 is 0. The summed E-state index contributed by atoms with van der Waals surface area (Å²) in [5.41, 5.74) is 0. The van der Waals surface area contributed by atoms with Crippen molar-refractivity contribution in [2.24, 2.45) is 0 Å². The summed E-state index contributed by atoms with van der Waals surface area (Å²) < 4.78 is 0. The van der Waals surface area contributed by atoms with Crippen LogP contribution < -0.4 is 10.0 Å². The minimum Gasteiger partial charge on any atom is -0.540 e. The molecule has 0 radical (unpaired) electrons. The van der Waals surface area contributed by atoms with Gasteiger partial charge in [-0.1, -0.05) is 0 Å². The van der Waals surface area contributed by atoms with E-state index in [9.17, 15) is 14.7 Å². The summed E-state index contributed by atoms with van der Waals surface area (Å²) in [7, 11) is 0. The molecule has 1 N–H and O–H groups in total. The van der Waals surface area contributed by atoms with Crippen LogP contribution in [0.1, 0.15) is 13.8 Å². The number of carbonyl (C=O) groups is 2. The highest BCUT2D eigenvalue weighted by Crippen LogP contribution is 1.90. The minimum atomic E-state index is -1.60. The Labute approximate surface area is 83.3 Å². The van der Waals surface area contributed by atoms with Crippen molar-refractivity contribution in [3.63, 3.8) is 0 Å². The fourth-order valence-corrected chi connectivity index (χ4v) is 1.70. The lowest BCUT2D eigenvalue weighted by molar-refractivity contribution is -0.925. The second kappa shape index (κ2) is 4.41. The minimum absolute atomic E-state index is 0.514. The van der Waals surface area contributed by atoms with Gasteiger partial charge in [0.05, 0.1) is 32.2 Å². The van der Waals surface area contributed by atoms with Crippen molar-refractivity contribution in [2.75, 3.05) is 26.2 Å². The van der Waals surface area contributed by atoms with Crippen LogP contribution >= 0.6 is 0 Å². The second-order valence-electron chi connectivity index (χ2n) is 3.89. The molecule has 1 heterocycles. The molecule has 0 saturated carbocycles. The van der Waals surface area contributed by atoms with Crippen LogP contribution in [-0.4, -0.2) is 49.0 Å². The third-order valence-electron chi connectivity index (χ3n) is 2.68. The Hall–Kier alpha value is -1.10. The number of nitrogens with one attached hydrogen (secondary N) is 1. The molecule has 0 unspecified atom stereocenters. The van der Waals surface area contributed by atoms with Crippen LogP contribution in [0.3, 0.4) is 0 Å². The average molecular weight is 200 g/mol. The molecule has 1 fully saturated rings. The Kier molecular flexibility index (Phi) is 3.46. The molecular weight excluding hydrogens is 184 g/mol. The van der Waals surface area contributed by atoms with Crippen LogP contribution in [-0.2, 0) is 9.59 Å². The van der Waals surface area contributed by atoms with Crippen LogP contribution in [0.5, 0.6) is 0 Å². The van der Waals surface area contributed by atoms with Crippen LogP contribution in [0.4, 0.5) is 0 Å². The van der Waals surface area contributed by atoms with Crippen LogP contribution in [0, 0.1) is 0 Å². The second-order valence-corrected chi connectivity index (χ2v) is 3.89. The summed E-state index contributed by atoms with van der Waals surface area (Å²) in [5.74, 6) is -2.48. The predicted octanol–water partition coefficient (Wildman–Crippen LogP) is -3.13. The molecule has 5 nitrogen and oxygen atoms in total. The van der Waals surface area contributed by atoms with E-state index in [1.807, 2.05) is 0 Å². The van der Waals surface area contributed by atoms with Gasteiger partial charge in [0, 0.05) is 0 Å². The van der Waals surface area contributed by atoms with Crippen LogP contribution in [0.2, 0.25) is 0 Å². The fourth-order valence-electron chi connectivity index (χ4n) is 1.70. The highest BCUT2D eigenvalue weighted by Gasteiger charge is 2.25. The first-order chi connectivity index (χ1) is 6.52. The zero-order valence-electron chi connectivity index (χ0n) is 8.58. The number of hydrogen-bond acceptors (Lipinski definition) is 3. The molecule has 0 aromatic heterocycles. The van der Waals surface area contributed by atoms with Crippen molar-refractivity contribution >= 4 is 11.9 Å². The highest BCUT2D eigenvalue weighted by molar-refractivity contribution is 6.30. The van der Waals surface area contributed by atoms with E-state index in [1.54, 1.807) is 0 Å². The van der Waals surface area contributed by atoms with E-state index < -0.39 is 11.9 Å². The third-order valence-corrected chi connectivity index (χ3v) is 2.68. The van der Waals surface area contributed by atoms with E-state index in [0.717, 1.165) is 13.1 Å². The van der Waals surface area contributed by atoms with Crippen molar-refractivity contribution in [1.82, 2.24) is 4.90 Å². The number of rotatable bonds is 1. The van der Waals surface area contributed by atoms with Gasteiger partial charge in [-0.15, -0.1) is 0 Å². The maximum absolute atomic E-state index is 11.0. The maximum Gasteiger partial charge on any atom is 0.269 e. The lowest BCUT2D eigenvalue weighted by atomic mass is 10.2. The fraction of sp³-hybridized carbons (Fsp3) is 0.778. The molecule has 1 aliphatic rings. The molecule has 1 saturated heterocycles. The molecule has 0 aliphatic carbocycles. The van der Waals surface area contributed by atoms with Crippen molar-refractivity contribution in [3.05, 3.63) is 0 Å². The molecular formula is C9H16N2O3. The molecule has 1 aliphatic heterocycles. The van der Waals surface area contributed by atoms with Gasteiger partial charge in [0.25, 0.3) is 5.91 Å². The zero-order chi connectivity index (χ0) is 10.7. The predicted molar refractivity (Wildman–Crippen MR) is 47.4 cm³/mol. The monoisotopic (exact) mass is 200 g/mol. The molecule has 0 aromatic rings. The molecule has 0 aromatic carbocycles. The van der Waals surface area contributed by atoms with E-state index >= 15 is 0 Å². The number of carbonyl (C=O) groups excluding carboxylic acids is 2. The van der Waals surface area contributed by atoms with E-state index in [0.29, 0.717) is 19.1 Å². The Bertz CT molecular complexity index is 232. The standard InChI is InChI=1S/C9H16N2O3/c1-7(2)10-3-5-11(6-4-10)8(12)9(13)14/h7H,3-6H2,1-2H3,(H,13,14). The number of quaternary nitrogens is 1. The van der Waals surface area contributed by atoms with Gasteiger partial charge in [-0.2, -0.15) is 0 Å². The zero-order valence-corrected chi connectivity index (χ0v) is 8.58. The highest BCUT2D eigenvalue weighted by atomic mass is 16.4. The number of carboxylic acids is 1. The number of nitrogens with zero attached hydrogens (tertiary/aromatic N) is 1. The molecule has 1 amide bonds. The van der Waals surface area contributed by atoms with Crippen LogP contribution in [0.25, 0.3) is 0 Å². The van der Waals surface area contributed by atoms with Gasteiger partial charge in [0.1, 0.15) is 5.97 Å². The topological polar surface area (TPSA) is 64.9 Å². The van der Waals surface area contributed by atoms with Gasteiger partial charge in [-0.25, -0.2) is 0 Å². The van der Waals surface area contributed by atoms with E-state index in [2.05, 4.69) is 13.8 Å². The molecule has 1 rings (SSSR count). The van der Waals surface area contributed by atoms with Gasteiger partial charge in [-0.05, 0) is 13.8 Å². The van der Waals surface area contributed by atoms with Crippen molar-refractivity contribution in [1.29, 1.82) is 0 Å². The molecule has 0 bridgehead atoms. The molecule has 14 heavy (non-hydrogen) atoms. The SMILES string of the molecule is CC(C)[NH+]1CCN(C(=O)C(=O)[O-])CC1. The van der Waals surface area contributed by atoms with Crippen LogP contribution in [0.15, 0.2) is 0 Å². The van der Waals surface area contributed by atoms with E-state index in [4.69, 9.17) is 0 Å². The number of hydrogen-bond donors (Lipinski definition) is 1. The molecule has 80 valence electrons. The van der Waals surface area contributed by atoms with E-state index in [-0.39, 0.29) is 0 Å². The summed E-state index contributed by atoms with van der Waals surface area (Å²) in [6, 6.07) is 0.523. The maximum atomic E-state index is 11.0. The van der Waals surface area contributed by atoms with Gasteiger partial charge < -0.3 is 19.7 Å². The molecule has 0 atom stereocenters. The van der Waals surface area contributed by atoms with Gasteiger partial charge in [0.2, 0.25) is 0 Å². The Morgan fingerprint density at radius 1 is 1.29 bits per heavy atom. The first-order valence-corrected chi connectivity index (χ1v) is 4.87. The molecule has 5 heteroatoms. The van der Waals surface area contributed by atoms with Gasteiger partial charge in [0.15, 0.2) is 0 Å². The third kappa shape index (κ3) is 2.45. The number of amides is 1. The summed E-state index contributed by atoms with van der Waals surface area (Å²) in [4.78, 5) is 24.1. The molecule has 0 spiro atoms. The number of carboxylic acid groups (broad SMARTS) is 1. The Balaban J connectivity index is 2.43. The Morgan fingerprint density at radius 2 is 1.79 bits per heavy atom. The summed E-state index contributed by atoms with van der Waals surface area (Å²) in [6.07, 6.45) is 0. The Morgan fingerprint density at radius 3 is 2.14 bits per heavy atom. The number of piperazine rings is 1. The lowest BCUT2D eigenvalue weighted by Gasteiger charge is -2.34. The first-order valence-electron chi connectivity index (χ1n) is 4.87. The summed E-state index contributed by atoms with van der Waals surface area (Å²) in [5, 5.41) is 10.3. The largest absolute Gasteiger partial charge is 0.540 e.